The molecule has 1 N–H and O–H groups in total. The Kier molecular flexibility index (Phi) is 5.70. The summed E-state index contributed by atoms with van der Waals surface area (Å²) in [6, 6.07) is 13.3. The number of nitrogens with zero attached hydrogens (tertiary/aromatic N) is 2. The van der Waals surface area contributed by atoms with Gasteiger partial charge in [-0.2, -0.15) is 0 Å². The molecule has 3 rings (SSSR count). The number of benzene rings is 1. The number of methoxy groups -OCH3 is 1. The van der Waals surface area contributed by atoms with Crippen LogP contribution < -0.4 is 10.1 Å². The summed E-state index contributed by atoms with van der Waals surface area (Å²) < 4.78 is 10.7. The number of amides is 1. The molecule has 2 heterocycles. The first kappa shape index (κ1) is 18.2. The number of carbonyl (C=O) groups is 1. The minimum Gasteiger partial charge on any atom is -0.496 e. The number of likely N-dealkylation sites (N-methyl/N-ethyl adjacent to an activating group) is 1. The minimum atomic E-state index is -0.265. The molecule has 26 heavy (non-hydrogen) atoms. The molecule has 1 amide bonds. The van der Waals surface area contributed by atoms with E-state index in [9.17, 15) is 4.79 Å². The van der Waals surface area contributed by atoms with Crippen molar-refractivity contribution in [2.24, 2.45) is 0 Å². The van der Waals surface area contributed by atoms with E-state index in [0.717, 1.165) is 16.2 Å². The quantitative estimate of drug-likeness (QED) is 0.689. The van der Waals surface area contributed by atoms with Gasteiger partial charge in [0.1, 0.15) is 5.75 Å². The maximum atomic E-state index is 12.5. The predicted molar refractivity (Wildman–Crippen MR) is 102 cm³/mol. The van der Waals surface area contributed by atoms with Gasteiger partial charge >= 0.3 is 0 Å². The Morgan fingerprint density at radius 2 is 2.12 bits per heavy atom. The summed E-state index contributed by atoms with van der Waals surface area (Å²) in [6.45, 7) is 0.424. The van der Waals surface area contributed by atoms with E-state index in [1.54, 1.807) is 13.2 Å². The van der Waals surface area contributed by atoms with Crippen LogP contribution in [0.5, 0.6) is 5.75 Å². The van der Waals surface area contributed by atoms with Crippen LogP contribution in [-0.2, 0) is 0 Å². The van der Waals surface area contributed by atoms with Crippen molar-refractivity contribution in [1.29, 1.82) is 0 Å². The number of hydrogen-bond acceptors (Lipinski definition) is 6. The second-order valence-corrected chi connectivity index (χ2v) is 6.93. The first-order valence-electron chi connectivity index (χ1n) is 8.18. The van der Waals surface area contributed by atoms with Crippen LogP contribution in [0.1, 0.15) is 22.1 Å². The fourth-order valence-electron chi connectivity index (χ4n) is 2.71. The maximum absolute atomic E-state index is 12.5. The van der Waals surface area contributed by atoms with Crippen LogP contribution >= 0.6 is 11.3 Å². The summed E-state index contributed by atoms with van der Waals surface area (Å²) in [5, 5.41) is 8.77. The predicted octanol–water partition coefficient (Wildman–Crippen LogP) is 3.44. The van der Waals surface area contributed by atoms with E-state index >= 15 is 0 Å². The molecule has 1 unspecified atom stereocenters. The highest BCUT2D eigenvalue weighted by atomic mass is 32.1. The third kappa shape index (κ3) is 3.95. The zero-order chi connectivity index (χ0) is 18.5. The normalized spacial score (nSPS) is 12.2. The van der Waals surface area contributed by atoms with Gasteiger partial charge in [-0.05, 0) is 31.6 Å². The summed E-state index contributed by atoms with van der Waals surface area (Å²) >= 11 is 1.54. The van der Waals surface area contributed by atoms with Crippen molar-refractivity contribution in [2.75, 3.05) is 27.7 Å². The lowest BCUT2D eigenvalue weighted by Crippen LogP contribution is -2.34. The Hall–Kier alpha value is -2.64. The van der Waals surface area contributed by atoms with Gasteiger partial charge in [0, 0.05) is 18.2 Å². The highest BCUT2D eigenvalue weighted by molar-refractivity contribution is 7.13. The van der Waals surface area contributed by atoms with Gasteiger partial charge in [0.2, 0.25) is 0 Å². The lowest BCUT2D eigenvalue weighted by molar-refractivity contribution is 0.0932. The summed E-state index contributed by atoms with van der Waals surface area (Å²) in [6.07, 6.45) is 0. The molecule has 1 aromatic carbocycles. The summed E-state index contributed by atoms with van der Waals surface area (Å²) in [5.74, 6) is 1.12. The molecule has 0 bridgehead atoms. The Morgan fingerprint density at radius 3 is 2.81 bits per heavy atom. The molecule has 0 aliphatic carbocycles. The molecule has 0 saturated carbocycles. The minimum absolute atomic E-state index is 0.0289. The van der Waals surface area contributed by atoms with Crippen molar-refractivity contribution < 1.29 is 14.1 Å². The van der Waals surface area contributed by atoms with Crippen molar-refractivity contribution in [3.63, 3.8) is 0 Å². The molecule has 0 aliphatic rings. The molecule has 6 nitrogen and oxygen atoms in total. The number of hydrogen-bond donors (Lipinski definition) is 1. The van der Waals surface area contributed by atoms with Crippen molar-refractivity contribution >= 4 is 17.2 Å². The molecule has 0 radical (unpaired) electrons. The third-order valence-corrected chi connectivity index (χ3v) is 4.97. The van der Waals surface area contributed by atoms with Gasteiger partial charge in [-0.25, -0.2) is 0 Å². The van der Waals surface area contributed by atoms with Crippen LogP contribution in [0.3, 0.4) is 0 Å². The molecule has 2 aromatic heterocycles. The Bertz CT molecular complexity index is 859. The van der Waals surface area contributed by atoms with Gasteiger partial charge in [0.05, 0.1) is 18.0 Å². The number of rotatable bonds is 7. The molecule has 3 aromatic rings. The van der Waals surface area contributed by atoms with Crippen LogP contribution in [0.25, 0.3) is 10.6 Å². The summed E-state index contributed by atoms with van der Waals surface area (Å²) in [7, 11) is 5.58. The lowest BCUT2D eigenvalue weighted by atomic mass is 10.0. The van der Waals surface area contributed by atoms with E-state index < -0.39 is 0 Å². The third-order valence-electron chi connectivity index (χ3n) is 4.08. The first-order valence-corrected chi connectivity index (χ1v) is 9.06. The molecular formula is C19H21N3O3S. The van der Waals surface area contributed by atoms with Gasteiger partial charge in [-0.3, -0.25) is 4.79 Å². The summed E-state index contributed by atoms with van der Waals surface area (Å²) in [5.41, 5.74) is 1.28. The van der Waals surface area contributed by atoms with Crippen LogP contribution in [-0.4, -0.2) is 43.7 Å². The molecular weight excluding hydrogens is 350 g/mol. The van der Waals surface area contributed by atoms with Gasteiger partial charge in [0.25, 0.3) is 5.91 Å². The fraction of sp³-hybridized carbons (Fsp3) is 0.263. The fourth-order valence-corrected chi connectivity index (χ4v) is 3.38. The molecule has 0 spiro atoms. The number of carbonyl (C=O) groups excluding carboxylic acids is 1. The molecule has 1 atom stereocenters. The van der Waals surface area contributed by atoms with E-state index in [2.05, 4.69) is 10.5 Å². The van der Waals surface area contributed by atoms with E-state index in [0.29, 0.717) is 12.3 Å². The van der Waals surface area contributed by atoms with E-state index in [4.69, 9.17) is 9.26 Å². The Morgan fingerprint density at radius 1 is 1.31 bits per heavy atom. The van der Waals surface area contributed by atoms with Crippen molar-refractivity contribution in [3.05, 3.63) is 59.1 Å². The Balaban J connectivity index is 1.70. The van der Waals surface area contributed by atoms with Gasteiger partial charge in [-0.15, -0.1) is 11.3 Å². The number of aromatic nitrogens is 1. The van der Waals surface area contributed by atoms with Crippen molar-refractivity contribution in [2.45, 2.75) is 6.04 Å². The zero-order valence-electron chi connectivity index (χ0n) is 14.9. The molecule has 7 heteroatoms. The number of thiophene rings is 1. The number of nitrogens with one attached hydrogen (secondary N) is 1. The topological polar surface area (TPSA) is 67.6 Å². The Labute approximate surface area is 156 Å². The zero-order valence-corrected chi connectivity index (χ0v) is 15.7. The second-order valence-electron chi connectivity index (χ2n) is 5.99. The number of ether oxygens (including phenoxy) is 1. The average Bonchev–Trinajstić information content (AvgIpc) is 3.33. The van der Waals surface area contributed by atoms with E-state index in [1.807, 2.05) is 60.8 Å². The molecule has 0 fully saturated rings. The number of para-hydroxylation sites is 1. The van der Waals surface area contributed by atoms with Crippen LogP contribution in [0.15, 0.2) is 52.4 Å². The van der Waals surface area contributed by atoms with Crippen LogP contribution in [0, 0.1) is 0 Å². The molecule has 136 valence electrons. The molecule has 0 saturated heterocycles. The smallest absolute Gasteiger partial charge is 0.273 e. The van der Waals surface area contributed by atoms with Crippen LogP contribution in [0.4, 0.5) is 0 Å². The average molecular weight is 371 g/mol. The van der Waals surface area contributed by atoms with E-state index in [-0.39, 0.29) is 17.6 Å². The maximum Gasteiger partial charge on any atom is 0.273 e. The van der Waals surface area contributed by atoms with Gasteiger partial charge in [-0.1, -0.05) is 29.4 Å². The highest BCUT2D eigenvalue weighted by Gasteiger charge is 2.21. The van der Waals surface area contributed by atoms with E-state index in [1.165, 1.54) is 11.3 Å². The summed E-state index contributed by atoms with van der Waals surface area (Å²) in [4.78, 5) is 15.4. The van der Waals surface area contributed by atoms with Crippen molar-refractivity contribution in [3.8, 4) is 16.4 Å². The standard InChI is InChI=1S/C19H21N3O3S/c1-22(2)15(13-7-4-5-8-16(13)24-3)12-20-19(23)14-11-17(25-21-14)18-9-6-10-26-18/h4-11,15H,12H2,1-3H3,(H,20,23). The first-order chi connectivity index (χ1) is 12.6. The second kappa shape index (κ2) is 8.16. The van der Waals surface area contributed by atoms with Crippen LogP contribution in [0.2, 0.25) is 0 Å². The van der Waals surface area contributed by atoms with Gasteiger partial charge in [0.15, 0.2) is 11.5 Å². The highest BCUT2D eigenvalue weighted by Crippen LogP contribution is 2.28. The largest absolute Gasteiger partial charge is 0.496 e. The molecule has 0 aliphatic heterocycles. The van der Waals surface area contributed by atoms with Crippen molar-refractivity contribution in [1.82, 2.24) is 15.4 Å². The van der Waals surface area contributed by atoms with Gasteiger partial charge < -0.3 is 19.5 Å². The monoisotopic (exact) mass is 371 g/mol. The lowest BCUT2D eigenvalue weighted by Gasteiger charge is -2.26. The SMILES string of the molecule is COc1ccccc1C(CNC(=O)c1cc(-c2cccs2)on1)N(C)C.